The Labute approximate surface area is 110 Å². The first-order valence-corrected chi connectivity index (χ1v) is 7.11. The Morgan fingerprint density at radius 2 is 1.89 bits per heavy atom. The normalized spacial score (nSPS) is 11.2. The van der Waals surface area contributed by atoms with E-state index in [0.717, 1.165) is 24.3 Å². The molecule has 0 bridgehead atoms. The summed E-state index contributed by atoms with van der Waals surface area (Å²) in [5.74, 6) is -0.0357. The standard InChI is InChI=1S/C11H14N2O5S/c1-2-10(14)7-8-12-19(17,18)11-5-3-9(4-6-11)13(15)16/h3-6,12H,2,7-8H2,1H3. The number of nitro benzene ring substituents is 1. The third-order valence-corrected chi connectivity index (χ3v) is 3.93. The number of non-ortho nitro benzene ring substituents is 1. The van der Waals surface area contributed by atoms with Gasteiger partial charge in [0.1, 0.15) is 5.78 Å². The van der Waals surface area contributed by atoms with Gasteiger partial charge in [0.15, 0.2) is 0 Å². The van der Waals surface area contributed by atoms with Crippen LogP contribution >= 0.6 is 0 Å². The van der Waals surface area contributed by atoms with Gasteiger partial charge in [-0.1, -0.05) is 6.92 Å². The van der Waals surface area contributed by atoms with Crippen LogP contribution in [-0.2, 0) is 14.8 Å². The molecular weight excluding hydrogens is 272 g/mol. The number of nitrogens with zero attached hydrogens (tertiary/aromatic N) is 1. The molecule has 0 saturated heterocycles. The molecule has 0 spiro atoms. The maximum Gasteiger partial charge on any atom is 0.269 e. The van der Waals surface area contributed by atoms with Crippen LogP contribution in [0.15, 0.2) is 29.2 Å². The van der Waals surface area contributed by atoms with Crippen LogP contribution in [0.25, 0.3) is 0 Å². The van der Waals surface area contributed by atoms with E-state index in [1.54, 1.807) is 6.92 Å². The van der Waals surface area contributed by atoms with Crippen LogP contribution in [-0.4, -0.2) is 25.7 Å². The number of hydrogen-bond acceptors (Lipinski definition) is 5. The van der Waals surface area contributed by atoms with Crippen molar-refractivity contribution >= 4 is 21.5 Å². The lowest BCUT2D eigenvalue weighted by atomic mass is 10.2. The largest absolute Gasteiger partial charge is 0.300 e. The van der Waals surface area contributed by atoms with E-state index in [0.29, 0.717) is 6.42 Å². The maximum atomic E-state index is 11.8. The molecule has 0 fully saturated rings. The number of nitro groups is 1. The fourth-order valence-electron chi connectivity index (χ4n) is 1.33. The highest BCUT2D eigenvalue weighted by Crippen LogP contribution is 2.15. The van der Waals surface area contributed by atoms with Crippen LogP contribution in [0.2, 0.25) is 0 Å². The molecule has 1 aromatic rings. The van der Waals surface area contributed by atoms with Crippen LogP contribution in [0, 0.1) is 10.1 Å². The first-order valence-electron chi connectivity index (χ1n) is 5.62. The molecule has 0 heterocycles. The van der Waals surface area contributed by atoms with Crippen LogP contribution in [0.4, 0.5) is 5.69 Å². The molecule has 0 radical (unpaired) electrons. The maximum absolute atomic E-state index is 11.8. The predicted octanol–water partition coefficient (Wildman–Crippen LogP) is 1.24. The summed E-state index contributed by atoms with van der Waals surface area (Å²) < 4.78 is 25.9. The number of sulfonamides is 1. The SMILES string of the molecule is CCC(=O)CCNS(=O)(=O)c1ccc([N+](=O)[O-])cc1. The number of carbonyl (C=O) groups excluding carboxylic acids is 1. The molecule has 1 rings (SSSR count). The fraction of sp³-hybridized carbons (Fsp3) is 0.364. The van der Waals surface area contributed by atoms with Gasteiger partial charge in [-0.15, -0.1) is 0 Å². The smallest absolute Gasteiger partial charge is 0.269 e. The molecule has 0 amide bonds. The Morgan fingerprint density at radius 3 is 2.37 bits per heavy atom. The molecule has 0 aromatic heterocycles. The molecule has 7 nitrogen and oxygen atoms in total. The highest BCUT2D eigenvalue weighted by molar-refractivity contribution is 7.89. The van der Waals surface area contributed by atoms with Gasteiger partial charge in [0.25, 0.3) is 5.69 Å². The van der Waals surface area contributed by atoms with Crippen molar-refractivity contribution in [3.05, 3.63) is 34.4 Å². The first-order chi connectivity index (χ1) is 8.86. The summed E-state index contributed by atoms with van der Waals surface area (Å²) in [6.07, 6.45) is 0.488. The van der Waals surface area contributed by atoms with Gasteiger partial charge in [-0.05, 0) is 12.1 Å². The number of hydrogen-bond donors (Lipinski definition) is 1. The van der Waals surface area contributed by atoms with E-state index in [4.69, 9.17) is 0 Å². The molecular formula is C11H14N2O5S. The van der Waals surface area contributed by atoms with Gasteiger partial charge < -0.3 is 0 Å². The molecule has 1 aromatic carbocycles. The lowest BCUT2D eigenvalue weighted by molar-refractivity contribution is -0.384. The van der Waals surface area contributed by atoms with Gasteiger partial charge in [-0.2, -0.15) is 0 Å². The second-order valence-electron chi connectivity index (χ2n) is 3.79. The Morgan fingerprint density at radius 1 is 1.32 bits per heavy atom. The zero-order chi connectivity index (χ0) is 14.5. The van der Waals surface area contributed by atoms with Crippen LogP contribution in [0.5, 0.6) is 0 Å². The summed E-state index contributed by atoms with van der Waals surface area (Å²) in [5.41, 5.74) is -0.180. The monoisotopic (exact) mass is 286 g/mol. The van der Waals surface area contributed by atoms with Crippen molar-refractivity contribution in [3.8, 4) is 0 Å². The van der Waals surface area contributed by atoms with Crippen molar-refractivity contribution in [3.63, 3.8) is 0 Å². The number of nitrogens with one attached hydrogen (secondary N) is 1. The van der Waals surface area contributed by atoms with Gasteiger partial charge in [-0.25, -0.2) is 13.1 Å². The zero-order valence-electron chi connectivity index (χ0n) is 10.3. The number of Topliss-reactive ketones (excluding diaryl/α,β-unsaturated/α-hetero) is 1. The van der Waals surface area contributed by atoms with E-state index >= 15 is 0 Å². The van der Waals surface area contributed by atoms with Crippen molar-refractivity contribution in [2.24, 2.45) is 0 Å². The summed E-state index contributed by atoms with van der Waals surface area (Å²) >= 11 is 0. The van der Waals surface area contributed by atoms with E-state index in [-0.39, 0.29) is 29.3 Å². The Hall–Kier alpha value is -1.80. The summed E-state index contributed by atoms with van der Waals surface area (Å²) in [5, 5.41) is 10.4. The van der Waals surface area contributed by atoms with Crippen molar-refractivity contribution in [2.45, 2.75) is 24.7 Å². The summed E-state index contributed by atoms with van der Waals surface area (Å²) in [6, 6.07) is 4.54. The average Bonchev–Trinajstić information content (AvgIpc) is 2.38. The summed E-state index contributed by atoms with van der Waals surface area (Å²) in [4.78, 5) is 20.8. The lowest BCUT2D eigenvalue weighted by Gasteiger charge is -2.05. The van der Waals surface area contributed by atoms with Crippen LogP contribution in [0.1, 0.15) is 19.8 Å². The third-order valence-electron chi connectivity index (χ3n) is 2.45. The minimum absolute atomic E-state index is 0.0198. The van der Waals surface area contributed by atoms with Gasteiger partial charge in [0, 0.05) is 31.5 Å². The number of rotatable bonds is 7. The Bertz CT molecular complexity index is 565. The second kappa shape index (κ2) is 6.39. The molecule has 8 heteroatoms. The highest BCUT2D eigenvalue weighted by atomic mass is 32.2. The zero-order valence-corrected chi connectivity index (χ0v) is 11.1. The minimum Gasteiger partial charge on any atom is -0.300 e. The lowest BCUT2D eigenvalue weighted by Crippen LogP contribution is -2.26. The average molecular weight is 286 g/mol. The Balaban J connectivity index is 2.72. The van der Waals surface area contributed by atoms with Crippen molar-refractivity contribution in [1.29, 1.82) is 0 Å². The topological polar surface area (TPSA) is 106 Å². The number of benzene rings is 1. The molecule has 0 unspecified atom stereocenters. The van der Waals surface area contributed by atoms with Crippen LogP contribution < -0.4 is 4.72 Å². The number of carbonyl (C=O) groups is 1. The van der Waals surface area contributed by atoms with E-state index in [2.05, 4.69) is 4.72 Å². The number of ketones is 1. The van der Waals surface area contributed by atoms with Gasteiger partial charge in [0.2, 0.25) is 10.0 Å². The molecule has 0 aliphatic carbocycles. The van der Waals surface area contributed by atoms with Gasteiger partial charge >= 0.3 is 0 Å². The van der Waals surface area contributed by atoms with Crippen molar-refractivity contribution < 1.29 is 18.1 Å². The van der Waals surface area contributed by atoms with Crippen molar-refractivity contribution in [2.75, 3.05) is 6.54 Å². The molecule has 0 atom stereocenters. The van der Waals surface area contributed by atoms with E-state index < -0.39 is 14.9 Å². The summed E-state index contributed by atoms with van der Waals surface area (Å²) in [7, 11) is -3.73. The summed E-state index contributed by atoms with van der Waals surface area (Å²) in [6.45, 7) is 1.72. The Kier molecular flexibility index (Phi) is 5.13. The molecule has 104 valence electrons. The third kappa shape index (κ3) is 4.42. The molecule has 0 aliphatic heterocycles. The fourth-order valence-corrected chi connectivity index (χ4v) is 2.36. The molecule has 0 aliphatic rings. The van der Waals surface area contributed by atoms with Crippen molar-refractivity contribution in [1.82, 2.24) is 4.72 Å². The van der Waals surface area contributed by atoms with E-state index in [9.17, 15) is 23.3 Å². The van der Waals surface area contributed by atoms with Crippen LogP contribution in [0.3, 0.4) is 0 Å². The molecule has 19 heavy (non-hydrogen) atoms. The van der Waals surface area contributed by atoms with E-state index in [1.165, 1.54) is 0 Å². The highest BCUT2D eigenvalue weighted by Gasteiger charge is 2.15. The predicted molar refractivity (Wildman–Crippen MR) is 68.2 cm³/mol. The van der Waals surface area contributed by atoms with E-state index in [1.807, 2.05) is 0 Å². The molecule has 1 N–H and O–H groups in total. The van der Waals surface area contributed by atoms with Gasteiger partial charge in [-0.3, -0.25) is 14.9 Å². The van der Waals surface area contributed by atoms with Gasteiger partial charge in [0.05, 0.1) is 9.82 Å². The minimum atomic E-state index is -3.73. The molecule has 0 saturated carbocycles. The quantitative estimate of drug-likeness (QED) is 0.599. The first kappa shape index (κ1) is 15.3. The second-order valence-corrected chi connectivity index (χ2v) is 5.56.